The number of hydrogen-bond acceptors (Lipinski definition) is 0. The van der Waals surface area contributed by atoms with Crippen LogP contribution in [-0.2, 0) is 12.8 Å². The molecule has 4 heteroatoms. The van der Waals surface area contributed by atoms with E-state index in [1.807, 2.05) is 0 Å². The normalized spacial score (nSPS) is 12.2. The predicted molar refractivity (Wildman–Crippen MR) is 113 cm³/mol. The van der Waals surface area contributed by atoms with Crippen molar-refractivity contribution < 1.29 is 13.2 Å². The number of rotatable bonds is 6. The minimum Gasteiger partial charge on any atom is -0.206 e. The second kappa shape index (κ2) is 8.23. The maximum atomic E-state index is 14.8. The van der Waals surface area contributed by atoms with Crippen molar-refractivity contribution in [3.05, 3.63) is 81.6 Å². The van der Waals surface area contributed by atoms with Crippen molar-refractivity contribution in [1.82, 2.24) is 0 Å². The lowest BCUT2D eigenvalue weighted by atomic mass is 9.97. The van der Waals surface area contributed by atoms with Gasteiger partial charge in [-0.05, 0) is 76.9 Å². The summed E-state index contributed by atoms with van der Waals surface area (Å²) in [5, 5.41) is -0.575. The number of hydrogen-bond donors (Lipinski definition) is 0. The first-order valence-corrected chi connectivity index (χ1v) is 10.4. The van der Waals surface area contributed by atoms with E-state index in [4.69, 9.17) is 11.6 Å². The van der Waals surface area contributed by atoms with E-state index in [1.165, 1.54) is 42.9 Å². The van der Waals surface area contributed by atoms with Gasteiger partial charge in [-0.1, -0.05) is 56.0 Å². The summed E-state index contributed by atoms with van der Waals surface area (Å²) in [4.78, 5) is 0. The minimum absolute atomic E-state index is 0.150. The number of benzene rings is 3. The Morgan fingerprint density at radius 2 is 1.48 bits per heavy atom. The summed E-state index contributed by atoms with van der Waals surface area (Å²) < 4.78 is 42.5. The molecule has 0 bridgehead atoms. The average Bonchev–Trinajstić information content (AvgIpc) is 3.05. The summed E-state index contributed by atoms with van der Waals surface area (Å²) in [6.07, 6.45) is 6.62. The number of unbranched alkanes of at least 4 members (excludes halogenated alkanes) is 3. The Hall–Kier alpha value is -2.26. The van der Waals surface area contributed by atoms with E-state index in [0.29, 0.717) is 6.42 Å². The molecule has 0 heterocycles. The van der Waals surface area contributed by atoms with Gasteiger partial charge in [-0.25, -0.2) is 13.2 Å². The Kier molecular flexibility index (Phi) is 5.69. The zero-order chi connectivity index (χ0) is 20.5. The van der Waals surface area contributed by atoms with Crippen molar-refractivity contribution in [3.8, 4) is 22.3 Å². The molecule has 1 aliphatic rings. The van der Waals surface area contributed by atoms with Crippen LogP contribution in [0, 0.1) is 17.5 Å². The van der Waals surface area contributed by atoms with Gasteiger partial charge in [0.1, 0.15) is 22.5 Å². The summed E-state index contributed by atoms with van der Waals surface area (Å²) in [5.74, 6) is -2.28. The Bertz CT molecular complexity index is 1050. The highest BCUT2D eigenvalue weighted by atomic mass is 35.5. The van der Waals surface area contributed by atoms with Gasteiger partial charge in [-0.15, -0.1) is 0 Å². The number of aryl methyl sites for hydroxylation is 1. The molecule has 3 aromatic rings. The van der Waals surface area contributed by atoms with Gasteiger partial charge in [-0.2, -0.15) is 0 Å². The van der Waals surface area contributed by atoms with Crippen LogP contribution in [0.5, 0.6) is 0 Å². The topological polar surface area (TPSA) is 0 Å². The highest BCUT2D eigenvalue weighted by molar-refractivity contribution is 6.31. The molecule has 0 saturated heterocycles. The lowest BCUT2D eigenvalue weighted by Gasteiger charge is -2.09. The van der Waals surface area contributed by atoms with E-state index in [9.17, 15) is 13.2 Å². The van der Waals surface area contributed by atoms with Crippen LogP contribution in [0.25, 0.3) is 22.3 Å². The van der Waals surface area contributed by atoms with Crippen molar-refractivity contribution >= 4 is 11.6 Å². The lowest BCUT2D eigenvalue weighted by molar-refractivity contribution is 0.584. The molecule has 3 aromatic carbocycles. The van der Waals surface area contributed by atoms with Crippen molar-refractivity contribution in [2.24, 2.45) is 0 Å². The van der Waals surface area contributed by atoms with Gasteiger partial charge in [0.05, 0.1) is 0 Å². The van der Waals surface area contributed by atoms with Gasteiger partial charge in [0.25, 0.3) is 0 Å². The van der Waals surface area contributed by atoms with Crippen LogP contribution >= 0.6 is 11.6 Å². The first kappa shape index (κ1) is 20.0. The second-order valence-electron chi connectivity index (χ2n) is 7.72. The summed E-state index contributed by atoms with van der Waals surface area (Å²) in [5.41, 5.74) is 5.68. The molecule has 0 aliphatic heterocycles. The van der Waals surface area contributed by atoms with Gasteiger partial charge >= 0.3 is 0 Å². The molecule has 0 spiro atoms. The van der Waals surface area contributed by atoms with Gasteiger partial charge in [0, 0.05) is 5.56 Å². The third-order valence-corrected chi connectivity index (χ3v) is 6.01. The van der Waals surface area contributed by atoms with Gasteiger partial charge in [0.2, 0.25) is 0 Å². The quantitative estimate of drug-likeness (QED) is 0.221. The fraction of sp³-hybridized carbons (Fsp3) is 0.280. The van der Waals surface area contributed by atoms with E-state index >= 15 is 0 Å². The molecule has 0 N–H and O–H groups in total. The molecule has 0 radical (unpaired) electrons. The molecule has 0 atom stereocenters. The second-order valence-corrected chi connectivity index (χ2v) is 8.10. The third kappa shape index (κ3) is 3.93. The highest BCUT2D eigenvalue weighted by Crippen LogP contribution is 2.41. The Morgan fingerprint density at radius 1 is 0.759 bits per heavy atom. The van der Waals surface area contributed by atoms with Crippen molar-refractivity contribution in [2.45, 2.75) is 45.4 Å². The van der Waals surface area contributed by atoms with E-state index in [1.54, 1.807) is 6.07 Å². The Labute approximate surface area is 174 Å². The van der Waals surface area contributed by atoms with E-state index in [0.717, 1.165) is 35.2 Å². The van der Waals surface area contributed by atoms with Crippen LogP contribution in [0.4, 0.5) is 13.2 Å². The Balaban J connectivity index is 1.64. The van der Waals surface area contributed by atoms with Crippen LogP contribution in [0.3, 0.4) is 0 Å². The average molecular weight is 415 g/mol. The standard InChI is InChI=1S/C25H22ClF3/c1-2-3-4-5-6-15-7-8-19-16(9-15)10-17-11-21(22(27)14-20(17)19)18-12-23(28)25(26)24(29)13-18/h7-9,11-14H,2-6,10H2,1H3. The summed E-state index contributed by atoms with van der Waals surface area (Å²) in [6.45, 7) is 2.20. The number of halogens is 4. The Morgan fingerprint density at radius 3 is 2.21 bits per heavy atom. The van der Waals surface area contributed by atoms with Crippen LogP contribution in [0.15, 0.2) is 42.5 Å². The smallest absolute Gasteiger partial charge is 0.145 e. The van der Waals surface area contributed by atoms with E-state index < -0.39 is 22.5 Å². The van der Waals surface area contributed by atoms with Gasteiger partial charge < -0.3 is 0 Å². The molecule has 1 aliphatic carbocycles. The molecule has 0 amide bonds. The molecule has 0 saturated carbocycles. The van der Waals surface area contributed by atoms with Crippen LogP contribution in [-0.4, -0.2) is 0 Å². The van der Waals surface area contributed by atoms with Crippen molar-refractivity contribution in [2.75, 3.05) is 0 Å². The minimum atomic E-state index is -0.891. The first-order valence-electron chi connectivity index (χ1n) is 10.1. The van der Waals surface area contributed by atoms with E-state index in [2.05, 4.69) is 25.1 Å². The predicted octanol–water partition coefficient (Wildman–Crippen LogP) is 8.12. The zero-order valence-electron chi connectivity index (χ0n) is 16.3. The van der Waals surface area contributed by atoms with Gasteiger partial charge in [0.15, 0.2) is 0 Å². The molecule has 29 heavy (non-hydrogen) atoms. The maximum absolute atomic E-state index is 14.8. The molecular weight excluding hydrogens is 393 g/mol. The van der Waals surface area contributed by atoms with Crippen molar-refractivity contribution in [1.29, 1.82) is 0 Å². The molecule has 150 valence electrons. The summed E-state index contributed by atoms with van der Waals surface area (Å²) in [6, 6.07) is 11.7. The van der Waals surface area contributed by atoms with Crippen LogP contribution < -0.4 is 0 Å². The summed E-state index contributed by atoms with van der Waals surface area (Å²) >= 11 is 5.56. The molecule has 0 aromatic heterocycles. The third-order valence-electron chi connectivity index (χ3n) is 5.65. The monoisotopic (exact) mass is 414 g/mol. The lowest BCUT2D eigenvalue weighted by Crippen LogP contribution is -1.92. The zero-order valence-corrected chi connectivity index (χ0v) is 17.1. The number of fused-ring (bicyclic) bond motifs is 3. The molecule has 0 unspecified atom stereocenters. The molecule has 0 nitrogen and oxygen atoms in total. The van der Waals surface area contributed by atoms with Gasteiger partial charge in [-0.3, -0.25) is 0 Å². The SMILES string of the molecule is CCCCCCc1ccc2c(c1)Cc1cc(-c3cc(F)c(Cl)c(F)c3)c(F)cc1-2. The fourth-order valence-electron chi connectivity index (χ4n) is 4.12. The fourth-order valence-corrected chi connectivity index (χ4v) is 4.23. The van der Waals surface area contributed by atoms with Crippen LogP contribution in [0.2, 0.25) is 5.02 Å². The molecule has 4 rings (SSSR count). The van der Waals surface area contributed by atoms with E-state index in [-0.39, 0.29) is 11.1 Å². The first-order chi connectivity index (χ1) is 14.0. The molecule has 0 fully saturated rings. The van der Waals surface area contributed by atoms with Crippen molar-refractivity contribution in [3.63, 3.8) is 0 Å². The molecular formula is C25H22ClF3. The maximum Gasteiger partial charge on any atom is 0.145 e. The van der Waals surface area contributed by atoms with Crippen LogP contribution in [0.1, 0.15) is 49.3 Å². The largest absolute Gasteiger partial charge is 0.206 e. The summed E-state index contributed by atoms with van der Waals surface area (Å²) in [7, 11) is 0. The highest BCUT2D eigenvalue weighted by Gasteiger charge is 2.22.